The van der Waals surface area contributed by atoms with Crippen molar-refractivity contribution in [2.75, 3.05) is 21.2 Å². The third-order valence-corrected chi connectivity index (χ3v) is 9.84. The van der Waals surface area contributed by atoms with E-state index in [4.69, 9.17) is 16.3 Å². The van der Waals surface area contributed by atoms with Crippen LogP contribution in [0.25, 0.3) is 12.2 Å². The molecular formula is C44H48ClN3O8. The van der Waals surface area contributed by atoms with Crippen LogP contribution in [0.5, 0.6) is 17.2 Å². The van der Waals surface area contributed by atoms with Gasteiger partial charge in [0.1, 0.15) is 23.9 Å². The van der Waals surface area contributed by atoms with Gasteiger partial charge < -0.3 is 35.2 Å². The Labute approximate surface area is 332 Å². The van der Waals surface area contributed by atoms with Gasteiger partial charge in [-0.1, -0.05) is 110 Å². The number of benzene rings is 4. The van der Waals surface area contributed by atoms with E-state index in [9.17, 15) is 34.5 Å². The molecular weight excluding hydrogens is 734 g/mol. The number of nitrogens with zero attached hydrogens (tertiary/aromatic N) is 2. The number of ether oxygens (including phenoxy) is 1. The minimum absolute atomic E-state index is 0.00370. The fourth-order valence-corrected chi connectivity index (χ4v) is 6.40. The number of carboxylic acid groups (broad SMARTS) is 1. The van der Waals surface area contributed by atoms with E-state index < -0.39 is 41.8 Å². The van der Waals surface area contributed by atoms with Crippen LogP contribution in [-0.2, 0) is 38.4 Å². The highest BCUT2D eigenvalue weighted by atomic mass is 35.5. The Morgan fingerprint density at radius 1 is 0.768 bits per heavy atom. The number of aromatic hydroxyl groups is 2. The molecule has 0 aromatic heterocycles. The van der Waals surface area contributed by atoms with Crippen LogP contribution < -0.4 is 10.1 Å². The predicted molar refractivity (Wildman–Crippen MR) is 217 cm³/mol. The number of likely N-dealkylation sites (N-methyl/N-ethyl adjacent to an activating group) is 2. The number of hydrogen-bond acceptors (Lipinski definition) is 7. The molecule has 0 spiro atoms. The first-order valence-corrected chi connectivity index (χ1v) is 18.6. The van der Waals surface area contributed by atoms with Crippen molar-refractivity contribution in [3.63, 3.8) is 0 Å². The molecule has 4 rings (SSSR count). The zero-order chi connectivity index (χ0) is 40.8. The van der Waals surface area contributed by atoms with Gasteiger partial charge in [0.2, 0.25) is 17.7 Å². The second-order valence-corrected chi connectivity index (χ2v) is 13.7. The zero-order valence-corrected chi connectivity index (χ0v) is 32.6. The molecule has 0 saturated heterocycles. The lowest BCUT2D eigenvalue weighted by Gasteiger charge is -2.35. The number of halogens is 1. The van der Waals surface area contributed by atoms with Crippen molar-refractivity contribution in [1.82, 2.24) is 15.1 Å². The van der Waals surface area contributed by atoms with E-state index >= 15 is 0 Å². The standard InChI is InChI=1S/C44H48ClN3O8/c1-5-6-8-15-31-16-11-12-17-32(31)21-25-39(50)46-35(26-30-18-22-34(49)23-19-30)42(52)47(2)36(28-33-20-24-38(56-4)41(51)40(33)45)43(53)48(3)37(44(54)55)27-29-13-9-7-10-14-29/h7-25,35-37,49,51H,5-6,26-28H2,1-4H3,(H,46,50)(H,54,55)/b15-8-,25-21+/t35-,36-,37-/m0/s1. The van der Waals surface area contributed by atoms with Crippen molar-refractivity contribution in [2.24, 2.45) is 0 Å². The van der Waals surface area contributed by atoms with Gasteiger partial charge in [-0.2, -0.15) is 0 Å². The van der Waals surface area contributed by atoms with Gasteiger partial charge in [-0.3, -0.25) is 14.4 Å². The summed E-state index contributed by atoms with van der Waals surface area (Å²) in [6, 6.07) is 21.8. The zero-order valence-electron chi connectivity index (χ0n) is 31.9. The Bertz CT molecular complexity index is 2030. The molecule has 294 valence electrons. The van der Waals surface area contributed by atoms with Crippen LogP contribution in [0.2, 0.25) is 5.02 Å². The van der Waals surface area contributed by atoms with E-state index in [2.05, 4.69) is 18.3 Å². The molecule has 12 heteroatoms. The lowest BCUT2D eigenvalue weighted by molar-refractivity contribution is -0.153. The number of nitrogens with one attached hydrogen (secondary N) is 1. The predicted octanol–water partition coefficient (Wildman–Crippen LogP) is 6.54. The average molecular weight is 782 g/mol. The molecule has 56 heavy (non-hydrogen) atoms. The van der Waals surface area contributed by atoms with Gasteiger partial charge in [-0.25, -0.2) is 4.79 Å². The minimum atomic E-state index is -1.34. The lowest BCUT2D eigenvalue weighted by Crippen LogP contribution is -2.57. The summed E-state index contributed by atoms with van der Waals surface area (Å²) in [5, 5.41) is 33.6. The summed E-state index contributed by atoms with van der Waals surface area (Å²) >= 11 is 6.55. The lowest BCUT2D eigenvalue weighted by atomic mass is 9.98. The number of carbonyl (C=O) groups is 4. The Kier molecular flexibility index (Phi) is 15.7. The van der Waals surface area contributed by atoms with Crippen molar-refractivity contribution in [2.45, 2.75) is 57.2 Å². The molecule has 0 aliphatic rings. The summed E-state index contributed by atoms with van der Waals surface area (Å²) in [7, 11) is 4.12. The average Bonchev–Trinajstić information content (AvgIpc) is 3.20. The molecule has 4 aromatic rings. The van der Waals surface area contributed by atoms with Gasteiger partial charge in [0.05, 0.1) is 12.1 Å². The maximum absolute atomic E-state index is 14.6. The van der Waals surface area contributed by atoms with Gasteiger partial charge >= 0.3 is 5.97 Å². The molecule has 0 heterocycles. The number of hydrogen-bond donors (Lipinski definition) is 4. The molecule has 0 bridgehead atoms. The highest BCUT2D eigenvalue weighted by Gasteiger charge is 2.38. The number of aliphatic carboxylic acids is 1. The molecule has 3 amide bonds. The van der Waals surface area contributed by atoms with Crippen molar-refractivity contribution >= 4 is 47.4 Å². The third-order valence-electron chi connectivity index (χ3n) is 9.42. The number of methoxy groups -OCH3 is 1. The maximum Gasteiger partial charge on any atom is 0.326 e. The fourth-order valence-electron chi connectivity index (χ4n) is 6.17. The fraction of sp³-hybridized carbons (Fsp3) is 0.273. The minimum Gasteiger partial charge on any atom is -0.508 e. The van der Waals surface area contributed by atoms with E-state index in [1.165, 1.54) is 50.4 Å². The Morgan fingerprint density at radius 3 is 2.00 bits per heavy atom. The molecule has 0 aliphatic carbocycles. The molecule has 4 aromatic carbocycles. The first-order chi connectivity index (χ1) is 26.8. The molecule has 0 fully saturated rings. The highest BCUT2D eigenvalue weighted by molar-refractivity contribution is 6.33. The van der Waals surface area contributed by atoms with Crippen molar-refractivity contribution < 1.29 is 39.2 Å². The van der Waals surface area contributed by atoms with Gasteiger partial charge in [0.25, 0.3) is 0 Å². The van der Waals surface area contributed by atoms with Crippen LogP contribution in [0.3, 0.4) is 0 Å². The Balaban J connectivity index is 1.71. The Morgan fingerprint density at radius 2 is 1.38 bits per heavy atom. The van der Waals surface area contributed by atoms with E-state index in [0.29, 0.717) is 16.7 Å². The van der Waals surface area contributed by atoms with Gasteiger partial charge in [-0.15, -0.1) is 0 Å². The van der Waals surface area contributed by atoms with E-state index in [-0.39, 0.29) is 41.5 Å². The number of carbonyl (C=O) groups excluding carboxylic acids is 3. The SMILES string of the molecule is CCC/C=C\c1ccccc1/C=C/C(=O)N[C@@H](Cc1ccc(O)cc1)C(=O)N(C)[C@@H](Cc1ccc(OC)c(O)c1Cl)C(=O)N(C)[C@@H](Cc1ccccc1)C(=O)O. The second-order valence-electron chi connectivity index (χ2n) is 13.3. The van der Waals surface area contributed by atoms with Gasteiger partial charge in [0, 0.05) is 39.4 Å². The van der Waals surface area contributed by atoms with Crippen molar-refractivity contribution in [1.29, 1.82) is 0 Å². The smallest absolute Gasteiger partial charge is 0.326 e. The van der Waals surface area contributed by atoms with Crippen LogP contribution >= 0.6 is 11.6 Å². The number of carboxylic acids is 1. The Hall–Kier alpha value is -6.07. The first kappa shape index (κ1) is 42.7. The highest BCUT2D eigenvalue weighted by Crippen LogP contribution is 2.37. The summed E-state index contributed by atoms with van der Waals surface area (Å²) in [6.45, 7) is 2.09. The van der Waals surface area contributed by atoms with Crippen LogP contribution in [0.1, 0.15) is 47.6 Å². The second kappa shape index (κ2) is 20.6. The summed E-state index contributed by atoms with van der Waals surface area (Å²) in [5.41, 5.74) is 3.31. The number of rotatable bonds is 18. The maximum atomic E-state index is 14.6. The molecule has 3 atom stereocenters. The van der Waals surface area contributed by atoms with Crippen LogP contribution in [0.4, 0.5) is 0 Å². The van der Waals surface area contributed by atoms with Crippen LogP contribution in [-0.4, -0.2) is 88.1 Å². The molecule has 0 unspecified atom stereocenters. The summed E-state index contributed by atoms with van der Waals surface area (Å²) in [5.74, 6) is -3.43. The number of unbranched alkanes of at least 4 members (excludes halogenated alkanes) is 1. The van der Waals surface area contributed by atoms with Gasteiger partial charge in [-0.05, 0) is 58.5 Å². The third kappa shape index (κ3) is 11.5. The largest absolute Gasteiger partial charge is 0.508 e. The van der Waals surface area contributed by atoms with E-state index in [1.54, 1.807) is 54.6 Å². The molecule has 4 N–H and O–H groups in total. The summed E-state index contributed by atoms with van der Waals surface area (Å²) < 4.78 is 5.18. The topological polar surface area (TPSA) is 157 Å². The molecule has 11 nitrogen and oxygen atoms in total. The number of allylic oxidation sites excluding steroid dienone is 1. The van der Waals surface area contributed by atoms with Crippen LogP contribution in [0.15, 0.2) is 103 Å². The van der Waals surface area contributed by atoms with Crippen molar-refractivity contribution in [3.05, 3.63) is 136 Å². The van der Waals surface area contributed by atoms with E-state index in [0.717, 1.165) is 28.9 Å². The van der Waals surface area contributed by atoms with Crippen LogP contribution in [0, 0.1) is 0 Å². The normalized spacial score (nSPS) is 12.9. The number of phenolic OH excluding ortho intramolecular Hbond substituents is 2. The molecule has 0 saturated carbocycles. The van der Waals surface area contributed by atoms with E-state index in [1.807, 2.05) is 30.3 Å². The summed E-state index contributed by atoms with van der Waals surface area (Å²) in [6.07, 6.45) is 8.71. The monoisotopic (exact) mass is 781 g/mol. The van der Waals surface area contributed by atoms with Crippen molar-refractivity contribution in [3.8, 4) is 17.2 Å². The number of amides is 3. The first-order valence-electron chi connectivity index (χ1n) is 18.2. The van der Waals surface area contributed by atoms with Gasteiger partial charge in [0.15, 0.2) is 11.5 Å². The molecule has 0 aliphatic heterocycles. The quantitative estimate of drug-likeness (QED) is 0.0830. The number of phenols is 2. The molecule has 0 radical (unpaired) electrons. The summed E-state index contributed by atoms with van der Waals surface area (Å²) in [4.78, 5) is 57.4.